The first-order chi connectivity index (χ1) is 10.6. The maximum Gasteiger partial charge on any atom is 0.328 e. The van der Waals surface area contributed by atoms with E-state index >= 15 is 0 Å². The molecular weight excluding hydrogens is 326 g/mol. The number of thioether (sulfide) groups is 1. The van der Waals surface area contributed by atoms with Gasteiger partial charge >= 0.3 is 5.97 Å². The molecule has 1 saturated heterocycles. The predicted molar refractivity (Wildman–Crippen MR) is 85.4 cm³/mol. The Kier molecular flexibility index (Phi) is 6.54. The summed E-state index contributed by atoms with van der Waals surface area (Å²) < 4.78 is 5.13. The minimum atomic E-state index is -1.01. The number of carboxylic acid groups (broad SMARTS) is 1. The number of hydrogen-bond acceptors (Lipinski definition) is 4. The van der Waals surface area contributed by atoms with Gasteiger partial charge in [0.2, 0.25) is 5.91 Å². The van der Waals surface area contributed by atoms with E-state index < -0.39 is 12.0 Å². The monoisotopic (exact) mass is 343 g/mol. The number of nitrogens with zero attached hydrogens (tertiary/aromatic N) is 1. The van der Waals surface area contributed by atoms with Crippen LogP contribution in [0.4, 0.5) is 0 Å². The fourth-order valence-electron chi connectivity index (χ4n) is 2.19. The average molecular weight is 344 g/mol. The number of ether oxygens (including phenoxy) is 1. The Balaban J connectivity index is 1.74. The maximum absolute atomic E-state index is 12.1. The highest BCUT2D eigenvalue weighted by atomic mass is 35.5. The molecule has 0 spiro atoms. The van der Waals surface area contributed by atoms with E-state index in [0.717, 1.165) is 10.6 Å². The first kappa shape index (κ1) is 17.1. The molecule has 1 N–H and O–H groups in total. The summed E-state index contributed by atoms with van der Waals surface area (Å²) in [6.07, 6.45) is 1.06. The van der Waals surface area contributed by atoms with E-state index in [1.54, 1.807) is 11.8 Å². The molecule has 0 radical (unpaired) electrons. The molecule has 0 aliphatic carbocycles. The third-order valence-electron chi connectivity index (χ3n) is 3.35. The van der Waals surface area contributed by atoms with Crippen molar-refractivity contribution < 1.29 is 19.4 Å². The Morgan fingerprint density at radius 2 is 2.09 bits per heavy atom. The molecule has 1 atom stereocenters. The summed E-state index contributed by atoms with van der Waals surface area (Å²) in [5.41, 5.74) is 0. The summed E-state index contributed by atoms with van der Waals surface area (Å²) in [6, 6.07) is 6.69. The largest absolute Gasteiger partial charge is 0.480 e. The van der Waals surface area contributed by atoms with Crippen molar-refractivity contribution in [2.45, 2.75) is 23.8 Å². The summed E-state index contributed by atoms with van der Waals surface area (Å²) in [7, 11) is 0. The SMILES string of the molecule is O=C(O)C1COCCN1C(=O)CCCSc1ccc(Cl)cc1. The van der Waals surface area contributed by atoms with E-state index in [1.165, 1.54) is 4.90 Å². The molecule has 22 heavy (non-hydrogen) atoms. The van der Waals surface area contributed by atoms with Crippen LogP contribution in [0.1, 0.15) is 12.8 Å². The molecule has 0 saturated carbocycles. The van der Waals surface area contributed by atoms with Gasteiger partial charge in [0.25, 0.3) is 0 Å². The summed E-state index contributed by atoms with van der Waals surface area (Å²) in [5, 5.41) is 9.81. The summed E-state index contributed by atoms with van der Waals surface area (Å²) in [5.74, 6) is -0.328. The van der Waals surface area contributed by atoms with Gasteiger partial charge in [0.05, 0.1) is 13.2 Å². The van der Waals surface area contributed by atoms with Crippen LogP contribution in [0.3, 0.4) is 0 Å². The zero-order valence-electron chi connectivity index (χ0n) is 12.0. The van der Waals surface area contributed by atoms with Crippen LogP contribution in [0.5, 0.6) is 0 Å². The Bertz CT molecular complexity index is 523. The molecule has 1 amide bonds. The quantitative estimate of drug-likeness (QED) is 0.635. The number of amides is 1. The third kappa shape index (κ3) is 4.90. The number of hydrogen-bond donors (Lipinski definition) is 1. The van der Waals surface area contributed by atoms with Gasteiger partial charge in [-0.05, 0) is 36.4 Å². The Morgan fingerprint density at radius 3 is 2.77 bits per heavy atom. The molecular formula is C15H18ClNO4S. The lowest BCUT2D eigenvalue weighted by atomic mass is 10.2. The van der Waals surface area contributed by atoms with Crippen LogP contribution in [0.15, 0.2) is 29.2 Å². The molecule has 1 aliphatic heterocycles. The smallest absolute Gasteiger partial charge is 0.328 e. The van der Waals surface area contributed by atoms with E-state index in [1.807, 2.05) is 24.3 Å². The zero-order valence-corrected chi connectivity index (χ0v) is 13.6. The van der Waals surface area contributed by atoms with Gasteiger partial charge in [-0.2, -0.15) is 0 Å². The Hall–Kier alpha value is -1.24. The average Bonchev–Trinajstić information content (AvgIpc) is 2.53. The summed E-state index contributed by atoms with van der Waals surface area (Å²) >= 11 is 7.48. The van der Waals surface area contributed by atoms with Crippen LogP contribution < -0.4 is 0 Å². The van der Waals surface area contributed by atoms with Gasteiger partial charge in [0.15, 0.2) is 6.04 Å². The highest BCUT2D eigenvalue weighted by molar-refractivity contribution is 7.99. The van der Waals surface area contributed by atoms with E-state index in [9.17, 15) is 9.59 Å². The van der Waals surface area contributed by atoms with Crippen molar-refractivity contribution in [3.05, 3.63) is 29.3 Å². The van der Waals surface area contributed by atoms with Crippen LogP contribution >= 0.6 is 23.4 Å². The standard InChI is InChI=1S/C15H18ClNO4S/c16-11-3-5-12(6-4-11)22-9-1-2-14(18)17-7-8-21-10-13(17)15(19)20/h3-6,13H,1-2,7-10H2,(H,19,20). The first-order valence-corrected chi connectivity index (χ1v) is 8.42. The van der Waals surface area contributed by atoms with Gasteiger partial charge in [0.1, 0.15) is 0 Å². The number of morpholine rings is 1. The second-order valence-electron chi connectivity index (χ2n) is 4.92. The number of rotatable bonds is 6. The topological polar surface area (TPSA) is 66.8 Å². The minimum absolute atomic E-state index is 0.0700. The van der Waals surface area contributed by atoms with Gasteiger partial charge < -0.3 is 14.7 Å². The molecule has 7 heteroatoms. The van der Waals surface area contributed by atoms with Gasteiger partial charge in [-0.3, -0.25) is 4.79 Å². The fraction of sp³-hybridized carbons (Fsp3) is 0.467. The second kappa shape index (κ2) is 8.41. The lowest BCUT2D eigenvalue weighted by molar-refractivity contribution is -0.158. The molecule has 0 aromatic heterocycles. The van der Waals surface area contributed by atoms with Crippen molar-refractivity contribution in [2.24, 2.45) is 0 Å². The number of benzene rings is 1. The normalized spacial score (nSPS) is 18.2. The van der Waals surface area contributed by atoms with E-state index in [2.05, 4.69) is 0 Å². The molecule has 1 aromatic carbocycles. The maximum atomic E-state index is 12.1. The first-order valence-electron chi connectivity index (χ1n) is 7.06. The molecule has 1 aliphatic rings. The number of carbonyl (C=O) groups excluding carboxylic acids is 1. The van der Waals surface area contributed by atoms with Gasteiger partial charge in [-0.25, -0.2) is 4.79 Å². The number of aliphatic carboxylic acids is 1. The summed E-state index contributed by atoms with van der Waals surface area (Å²) in [6.45, 7) is 0.815. The molecule has 1 heterocycles. The molecule has 0 bridgehead atoms. The van der Waals surface area contributed by atoms with Gasteiger partial charge in [0, 0.05) is 22.9 Å². The van der Waals surface area contributed by atoms with Crippen LogP contribution in [0.2, 0.25) is 5.02 Å². The molecule has 120 valence electrons. The van der Waals surface area contributed by atoms with Crippen molar-refractivity contribution in [3.8, 4) is 0 Å². The lowest BCUT2D eigenvalue weighted by Gasteiger charge is -2.32. The van der Waals surface area contributed by atoms with Gasteiger partial charge in [-0.15, -0.1) is 11.8 Å². The number of carbonyl (C=O) groups is 2. The van der Waals surface area contributed by atoms with Crippen LogP contribution in [0.25, 0.3) is 0 Å². The molecule has 1 unspecified atom stereocenters. The van der Waals surface area contributed by atoms with Crippen molar-refractivity contribution in [3.63, 3.8) is 0 Å². The van der Waals surface area contributed by atoms with Crippen molar-refractivity contribution in [1.82, 2.24) is 4.90 Å². The van der Waals surface area contributed by atoms with Crippen LogP contribution in [-0.4, -0.2) is 53.4 Å². The highest BCUT2D eigenvalue weighted by Gasteiger charge is 2.32. The molecule has 1 fully saturated rings. The highest BCUT2D eigenvalue weighted by Crippen LogP contribution is 2.21. The second-order valence-corrected chi connectivity index (χ2v) is 6.53. The minimum Gasteiger partial charge on any atom is -0.480 e. The molecule has 5 nitrogen and oxygen atoms in total. The van der Waals surface area contributed by atoms with Crippen molar-refractivity contribution in [2.75, 3.05) is 25.5 Å². The fourth-order valence-corrected chi connectivity index (χ4v) is 3.17. The van der Waals surface area contributed by atoms with E-state index in [-0.39, 0.29) is 12.5 Å². The van der Waals surface area contributed by atoms with E-state index in [4.69, 9.17) is 21.4 Å². The van der Waals surface area contributed by atoms with E-state index in [0.29, 0.717) is 31.0 Å². The molecule has 1 aromatic rings. The van der Waals surface area contributed by atoms with Gasteiger partial charge in [-0.1, -0.05) is 11.6 Å². The molecule has 2 rings (SSSR count). The predicted octanol–water partition coefficient (Wildman–Crippen LogP) is 2.52. The Labute approximate surface area is 138 Å². The third-order valence-corrected chi connectivity index (χ3v) is 4.70. The number of carboxylic acids is 1. The van der Waals surface area contributed by atoms with Crippen molar-refractivity contribution >= 4 is 35.2 Å². The summed E-state index contributed by atoms with van der Waals surface area (Å²) in [4.78, 5) is 25.8. The Morgan fingerprint density at radius 1 is 1.36 bits per heavy atom. The zero-order chi connectivity index (χ0) is 15.9. The number of halogens is 1. The van der Waals surface area contributed by atoms with Crippen LogP contribution in [0, 0.1) is 0 Å². The lowest BCUT2D eigenvalue weighted by Crippen LogP contribution is -2.52. The van der Waals surface area contributed by atoms with Crippen LogP contribution in [-0.2, 0) is 14.3 Å². The van der Waals surface area contributed by atoms with Crippen molar-refractivity contribution in [1.29, 1.82) is 0 Å².